The molecule has 0 saturated heterocycles. The molecule has 0 aromatic rings. The number of fused-ring (bicyclic) bond motifs is 5. The lowest BCUT2D eigenvalue weighted by atomic mass is 9.50. The number of terminal acetylenes is 1. The van der Waals surface area contributed by atoms with Gasteiger partial charge in [-0.2, -0.15) is 0 Å². The van der Waals surface area contributed by atoms with Crippen molar-refractivity contribution in [2.24, 2.45) is 35.0 Å². The maximum Gasteiger partial charge on any atom is 0.130 e. The second-order valence-corrected chi connectivity index (χ2v) is 8.38. The fourth-order valence-electron chi connectivity index (χ4n) is 6.67. The summed E-state index contributed by atoms with van der Waals surface area (Å²) in [5.41, 5.74) is -0.869. The van der Waals surface area contributed by atoms with Crippen molar-refractivity contribution in [1.29, 1.82) is 0 Å². The van der Waals surface area contributed by atoms with Crippen LogP contribution in [0, 0.1) is 47.3 Å². The largest absolute Gasteiger partial charge is 0.377 e. The molecule has 21 heavy (non-hydrogen) atoms. The van der Waals surface area contributed by atoms with E-state index in [-0.39, 0.29) is 5.41 Å². The topological polar surface area (TPSA) is 20.2 Å². The van der Waals surface area contributed by atoms with Crippen molar-refractivity contribution in [3.05, 3.63) is 12.2 Å². The summed E-state index contributed by atoms with van der Waals surface area (Å²) in [6.45, 7) is 2.29. The summed E-state index contributed by atoms with van der Waals surface area (Å²) in [7, 11) is 0. The van der Waals surface area contributed by atoms with Crippen molar-refractivity contribution in [2.45, 2.75) is 63.9 Å². The first kappa shape index (κ1) is 13.9. The predicted molar refractivity (Wildman–Crippen MR) is 85.4 cm³/mol. The molecular weight excluding hydrogens is 256 g/mol. The molecule has 0 amide bonds. The maximum atomic E-state index is 10.9. The Balaban J connectivity index is 1.64. The van der Waals surface area contributed by atoms with Gasteiger partial charge in [0.2, 0.25) is 0 Å². The van der Waals surface area contributed by atoms with Gasteiger partial charge in [-0.05, 0) is 81.0 Å². The van der Waals surface area contributed by atoms with E-state index in [9.17, 15) is 5.11 Å². The van der Waals surface area contributed by atoms with Gasteiger partial charge in [0.05, 0.1) is 0 Å². The minimum absolute atomic E-state index is 0.0275. The first-order chi connectivity index (χ1) is 10.1. The summed E-state index contributed by atoms with van der Waals surface area (Å²) in [4.78, 5) is 0. The molecule has 4 rings (SSSR count). The Hall–Kier alpha value is -0.740. The first-order valence-corrected chi connectivity index (χ1v) is 8.94. The third kappa shape index (κ3) is 1.75. The second-order valence-electron chi connectivity index (χ2n) is 8.38. The lowest BCUT2D eigenvalue weighted by Crippen LogP contribution is -2.52. The fourth-order valence-corrected chi connectivity index (χ4v) is 6.67. The zero-order chi connectivity index (χ0) is 14.7. The van der Waals surface area contributed by atoms with Crippen LogP contribution in [0.5, 0.6) is 0 Å². The Morgan fingerprint density at radius 1 is 1.00 bits per heavy atom. The number of hydrogen-bond donors (Lipinski definition) is 1. The van der Waals surface area contributed by atoms with Gasteiger partial charge in [0.1, 0.15) is 5.60 Å². The monoisotopic (exact) mass is 284 g/mol. The molecular formula is C20H28O. The zero-order valence-corrected chi connectivity index (χ0v) is 13.2. The molecule has 4 aliphatic carbocycles. The van der Waals surface area contributed by atoms with Gasteiger partial charge in [-0.3, -0.25) is 0 Å². The highest BCUT2D eigenvalue weighted by atomic mass is 16.3. The van der Waals surface area contributed by atoms with E-state index in [0.29, 0.717) is 5.92 Å². The average Bonchev–Trinajstić information content (AvgIpc) is 2.79. The highest BCUT2D eigenvalue weighted by Gasteiger charge is 2.62. The summed E-state index contributed by atoms with van der Waals surface area (Å²) >= 11 is 0. The van der Waals surface area contributed by atoms with Crippen LogP contribution in [-0.4, -0.2) is 10.7 Å². The molecule has 0 radical (unpaired) electrons. The summed E-state index contributed by atoms with van der Waals surface area (Å²) in [5, 5.41) is 10.9. The molecule has 7 atom stereocenters. The number of hydrogen-bond acceptors (Lipinski definition) is 1. The highest BCUT2D eigenvalue weighted by molar-refractivity contribution is 5.23. The normalized spacial score (nSPS) is 55.2. The summed E-state index contributed by atoms with van der Waals surface area (Å²) in [5.74, 6) is 7.00. The molecule has 4 aliphatic rings. The van der Waals surface area contributed by atoms with Crippen molar-refractivity contribution in [1.82, 2.24) is 0 Å². The average molecular weight is 284 g/mol. The van der Waals surface area contributed by atoms with Gasteiger partial charge >= 0.3 is 0 Å². The molecule has 1 N–H and O–H groups in total. The number of aliphatic hydroxyl groups is 1. The van der Waals surface area contributed by atoms with E-state index in [4.69, 9.17) is 6.42 Å². The number of allylic oxidation sites excluding steroid dienone is 2. The van der Waals surface area contributed by atoms with Gasteiger partial charge in [-0.25, -0.2) is 0 Å². The van der Waals surface area contributed by atoms with E-state index in [1.165, 1.54) is 32.1 Å². The van der Waals surface area contributed by atoms with E-state index in [2.05, 4.69) is 25.0 Å². The van der Waals surface area contributed by atoms with E-state index in [0.717, 1.165) is 42.9 Å². The molecule has 3 fully saturated rings. The van der Waals surface area contributed by atoms with Crippen LogP contribution in [0.15, 0.2) is 12.2 Å². The van der Waals surface area contributed by atoms with Crippen LogP contribution >= 0.6 is 0 Å². The van der Waals surface area contributed by atoms with Crippen molar-refractivity contribution in [3.8, 4) is 12.3 Å². The Morgan fingerprint density at radius 2 is 1.81 bits per heavy atom. The van der Waals surface area contributed by atoms with Crippen LogP contribution in [-0.2, 0) is 0 Å². The first-order valence-electron chi connectivity index (χ1n) is 8.94. The molecule has 3 saturated carbocycles. The number of rotatable bonds is 0. The van der Waals surface area contributed by atoms with Gasteiger partial charge in [0, 0.05) is 5.41 Å². The van der Waals surface area contributed by atoms with Crippen LogP contribution in [0.2, 0.25) is 0 Å². The minimum Gasteiger partial charge on any atom is -0.377 e. The second kappa shape index (κ2) is 4.63. The van der Waals surface area contributed by atoms with Crippen molar-refractivity contribution >= 4 is 0 Å². The Kier molecular flexibility index (Phi) is 3.06. The van der Waals surface area contributed by atoms with Gasteiger partial charge < -0.3 is 5.11 Å². The van der Waals surface area contributed by atoms with Gasteiger partial charge in [-0.15, -0.1) is 6.42 Å². The van der Waals surface area contributed by atoms with Gasteiger partial charge in [0.15, 0.2) is 0 Å². The van der Waals surface area contributed by atoms with E-state index in [1.54, 1.807) is 0 Å². The SMILES string of the molecule is C#C[C@@]1(O)CC[C@H]2[C@@H]3CC[C@H]4CC=CC[C@@H]4[C@H]3CC[C@@]21C. The third-order valence-corrected chi connectivity index (χ3v) is 7.92. The van der Waals surface area contributed by atoms with Gasteiger partial charge in [0.25, 0.3) is 0 Å². The van der Waals surface area contributed by atoms with E-state index < -0.39 is 5.60 Å². The van der Waals surface area contributed by atoms with Crippen LogP contribution in [0.3, 0.4) is 0 Å². The van der Waals surface area contributed by atoms with Crippen LogP contribution in [0.25, 0.3) is 0 Å². The third-order valence-electron chi connectivity index (χ3n) is 7.92. The minimum atomic E-state index is -0.841. The van der Waals surface area contributed by atoms with Crippen molar-refractivity contribution in [3.63, 3.8) is 0 Å². The van der Waals surface area contributed by atoms with E-state index >= 15 is 0 Å². The molecule has 1 heteroatoms. The smallest absolute Gasteiger partial charge is 0.130 e. The van der Waals surface area contributed by atoms with Gasteiger partial charge in [-0.1, -0.05) is 25.0 Å². The lowest BCUT2D eigenvalue weighted by Gasteiger charge is -2.55. The van der Waals surface area contributed by atoms with Crippen LogP contribution < -0.4 is 0 Å². The molecule has 114 valence electrons. The van der Waals surface area contributed by atoms with Crippen LogP contribution in [0.1, 0.15) is 58.3 Å². The lowest BCUT2D eigenvalue weighted by molar-refractivity contribution is -0.0996. The van der Waals surface area contributed by atoms with Crippen LogP contribution in [0.4, 0.5) is 0 Å². The van der Waals surface area contributed by atoms with Crippen molar-refractivity contribution < 1.29 is 5.11 Å². The predicted octanol–water partition coefficient (Wildman–Crippen LogP) is 4.17. The molecule has 0 heterocycles. The molecule has 0 spiro atoms. The Bertz CT molecular complexity index is 500. The van der Waals surface area contributed by atoms with Crippen molar-refractivity contribution in [2.75, 3.05) is 0 Å². The summed E-state index contributed by atoms with van der Waals surface area (Å²) < 4.78 is 0. The molecule has 1 nitrogen and oxygen atoms in total. The standard InChI is InChI=1S/C20H28O/c1-3-20(21)13-11-18-17-9-8-14-6-4-5-7-15(14)16(17)10-12-19(18,20)2/h1,4-5,14-18,21H,6-13H2,2H3/t14-,15+,16-,17-,18+,19+,20-/m1/s1. The molecule has 0 aliphatic heterocycles. The Labute approximate surface area is 129 Å². The van der Waals surface area contributed by atoms with E-state index in [1.807, 2.05) is 0 Å². The quantitative estimate of drug-likeness (QED) is 0.523. The summed E-state index contributed by atoms with van der Waals surface area (Å²) in [6, 6.07) is 0. The molecule has 0 unspecified atom stereocenters. The highest BCUT2D eigenvalue weighted by Crippen LogP contribution is 2.64. The molecule has 0 aromatic carbocycles. The molecule has 0 bridgehead atoms. The zero-order valence-electron chi connectivity index (χ0n) is 13.2. The molecule has 0 aromatic heterocycles. The summed E-state index contributed by atoms with van der Waals surface area (Å²) in [6.07, 6.45) is 20.3. The maximum absolute atomic E-state index is 10.9. The fraction of sp³-hybridized carbons (Fsp3) is 0.800. The Morgan fingerprint density at radius 3 is 2.62 bits per heavy atom.